The van der Waals surface area contributed by atoms with E-state index < -0.39 is 28.5 Å². The van der Waals surface area contributed by atoms with Crippen molar-refractivity contribution in [3.05, 3.63) is 65.7 Å². The number of aliphatic hydroxyl groups is 1. The predicted molar refractivity (Wildman–Crippen MR) is 105 cm³/mol. The van der Waals surface area contributed by atoms with Crippen molar-refractivity contribution < 1.29 is 22.7 Å². The molecule has 1 saturated heterocycles. The molecular formula is C20H26N2O4S. The van der Waals surface area contributed by atoms with Crippen LogP contribution in [0.4, 0.5) is 0 Å². The highest BCUT2D eigenvalue weighted by molar-refractivity contribution is 7.88. The minimum Gasteiger partial charge on any atom is -0.508 e. The van der Waals surface area contributed by atoms with E-state index in [1.54, 1.807) is 36.4 Å². The number of hydrogen-bond donors (Lipinski definition) is 3. The van der Waals surface area contributed by atoms with E-state index in [2.05, 4.69) is 5.32 Å². The van der Waals surface area contributed by atoms with E-state index in [4.69, 9.17) is 4.11 Å². The molecule has 6 nitrogen and oxygen atoms in total. The largest absolute Gasteiger partial charge is 0.508 e. The zero-order chi connectivity index (χ0) is 22.0. The lowest BCUT2D eigenvalue weighted by Gasteiger charge is -2.44. The quantitative estimate of drug-likeness (QED) is 0.694. The fraction of sp³-hybridized carbons (Fsp3) is 0.400. The van der Waals surface area contributed by atoms with Crippen molar-refractivity contribution in [2.45, 2.75) is 17.8 Å². The molecule has 2 atom stereocenters. The van der Waals surface area contributed by atoms with Gasteiger partial charge in [0.1, 0.15) is 5.75 Å². The number of phenolic OH excluding ortho intramolecular Hbond substituents is 1. The Morgan fingerprint density at radius 3 is 2.74 bits per heavy atom. The minimum absolute atomic E-state index is 0.0254. The zero-order valence-corrected chi connectivity index (χ0v) is 15.7. The topological polar surface area (TPSA) is 89.9 Å². The Kier molecular flexibility index (Phi) is 4.75. The first-order chi connectivity index (χ1) is 14.0. The van der Waals surface area contributed by atoms with Crippen LogP contribution in [0.25, 0.3) is 0 Å². The van der Waals surface area contributed by atoms with Crippen molar-refractivity contribution in [3.8, 4) is 5.75 Å². The Hall–Kier alpha value is -1.93. The molecule has 27 heavy (non-hydrogen) atoms. The first kappa shape index (κ1) is 16.1. The van der Waals surface area contributed by atoms with E-state index in [-0.39, 0.29) is 37.6 Å². The smallest absolute Gasteiger partial charge is 0.218 e. The van der Waals surface area contributed by atoms with Gasteiger partial charge in [0.25, 0.3) is 0 Å². The fourth-order valence-electron chi connectivity index (χ4n) is 3.63. The highest BCUT2D eigenvalue weighted by Gasteiger charge is 2.45. The molecule has 2 unspecified atom stereocenters. The number of phenols is 1. The Balaban J connectivity index is 1.86. The van der Waals surface area contributed by atoms with Crippen LogP contribution < -0.4 is 5.32 Å². The molecule has 0 saturated carbocycles. The van der Waals surface area contributed by atoms with Gasteiger partial charge in [0.05, 0.1) is 11.4 Å². The van der Waals surface area contributed by atoms with Crippen LogP contribution in [-0.4, -0.2) is 49.5 Å². The zero-order valence-electron chi connectivity index (χ0n) is 17.9. The monoisotopic (exact) mass is 393 g/mol. The number of hydrogen-bond acceptors (Lipinski definition) is 5. The van der Waals surface area contributed by atoms with Gasteiger partial charge >= 0.3 is 0 Å². The van der Waals surface area contributed by atoms with Crippen LogP contribution >= 0.6 is 0 Å². The maximum absolute atomic E-state index is 13.0. The summed E-state index contributed by atoms with van der Waals surface area (Å²) in [6.07, 6.45) is 0.0812. The number of benzene rings is 2. The summed E-state index contributed by atoms with van der Waals surface area (Å²) in [5.41, 5.74) is -0.390. The molecule has 0 aromatic heterocycles. The standard InChI is InChI=1S/C20H26N2O4S/c1-21-13-18-14-22(27(25,26)15-16-6-3-2-4-7-16)11-10-20(18,24)17-8-5-9-19(23)12-17/h2-9,12,18,21,23-24H,10-11,13-15H2,1H3/i1D3. The van der Waals surface area contributed by atoms with E-state index in [0.717, 1.165) is 0 Å². The van der Waals surface area contributed by atoms with Gasteiger partial charge in [-0.2, -0.15) is 0 Å². The second-order valence-corrected chi connectivity index (χ2v) is 8.87. The summed E-state index contributed by atoms with van der Waals surface area (Å²) >= 11 is 0. The van der Waals surface area contributed by atoms with Crippen molar-refractivity contribution in [1.82, 2.24) is 9.62 Å². The lowest BCUT2D eigenvalue weighted by molar-refractivity contribution is -0.0614. The summed E-state index contributed by atoms with van der Waals surface area (Å²) in [5.74, 6) is -0.917. The molecule has 0 radical (unpaired) electrons. The van der Waals surface area contributed by atoms with E-state index in [1.165, 1.54) is 16.4 Å². The molecule has 146 valence electrons. The lowest BCUT2D eigenvalue weighted by Crippen LogP contribution is -2.54. The maximum Gasteiger partial charge on any atom is 0.218 e. The molecule has 0 aliphatic carbocycles. The highest BCUT2D eigenvalue weighted by Crippen LogP contribution is 2.39. The molecule has 3 N–H and O–H groups in total. The predicted octanol–water partition coefficient (Wildman–Crippen LogP) is 1.65. The van der Waals surface area contributed by atoms with Crippen LogP contribution in [0, 0.1) is 5.92 Å². The molecule has 2 aromatic carbocycles. The molecule has 1 aliphatic heterocycles. The summed E-state index contributed by atoms with van der Waals surface area (Å²) in [7, 11) is -3.66. The van der Waals surface area contributed by atoms with Crippen molar-refractivity contribution in [1.29, 1.82) is 0 Å². The van der Waals surface area contributed by atoms with Crippen LogP contribution in [0.3, 0.4) is 0 Å². The van der Waals surface area contributed by atoms with E-state index in [0.29, 0.717) is 11.1 Å². The van der Waals surface area contributed by atoms with Crippen molar-refractivity contribution in [2.75, 3.05) is 26.6 Å². The van der Waals surface area contributed by atoms with Crippen LogP contribution in [-0.2, 0) is 21.4 Å². The maximum atomic E-state index is 13.0. The van der Waals surface area contributed by atoms with E-state index in [9.17, 15) is 18.6 Å². The van der Waals surface area contributed by atoms with Gasteiger partial charge in [-0.25, -0.2) is 12.7 Å². The third kappa shape index (κ3) is 4.32. The molecular weight excluding hydrogens is 364 g/mol. The lowest BCUT2D eigenvalue weighted by atomic mass is 9.76. The number of nitrogens with one attached hydrogen (secondary N) is 1. The summed E-state index contributed by atoms with van der Waals surface area (Å²) in [4.78, 5) is 0. The second kappa shape index (κ2) is 7.98. The number of nitrogens with zero attached hydrogens (tertiary/aromatic N) is 1. The van der Waals surface area contributed by atoms with Crippen LogP contribution in [0.5, 0.6) is 5.75 Å². The number of aromatic hydroxyl groups is 1. The van der Waals surface area contributed by atoms with Crippen molar-refractivity contribution >= 4 is 10.0 Å². The van der Waals surface area contributed by atoms with E-state index >= 15 is 0 Å². The third-order valence-electron chi connectivity index (χ3n) is 5.12. The Morgan fingerprint density at radius 1 is 1.26 bits per heavy atom. The van der Waals surface area contributed by atoms with Gasteiger partial charge in [-0.15, -0.1) is 0 Å². The molecule has 1 fully saturated rings. The normalized spacial score (nSPS) is 26.1. The first-order valence-electron chi connectivity index (χ1n) is 10.3. The van der Waals surface area contributed by atoms with Crippen molar-refractivity contribution in [2.24, 2.45) is 5.92 Å². The summed E-state index contributed by atoms with van der Waals surface area (Å²) in [5, 5.41) is 23.7. The average Bonchev–Trinajstić information content (AvgIpc) is 2.67. The van der Waals surface area contributed by atoms with Gasteiger partial charge in [-0.05, 0) is 36.7 Å². The Labute approximate surface area is 164 Å². The summed E-state index contributed by atoms with van der Waals surface area (Å²) in [6.45, 7) is -2.49. The SMILES string of the molecule is [2H]C([2H])([2H])NCC1CN(S(=O)(=O)Cc2ccccc2)CCC1(O)c1cccc(O)c1. The van der Waals surface area contributed by atoms with Gasteiger partial charge in [-0.3, -0.25) is 0 Å². The first-order valence-corrected chi connectivity index (χ1v) is 10.4. The summed E-state index contributed by atoms with van der Waals surface area (Å²) < 4.78 is 49.5. The number of piperidine rings is 1. The number of rotatable bonds is 6. The second-order valence-electron chi connectivity index (χ2n) is 6.90. The van der Waals surface area contributed by atoms with Gasteiger partial charge in [-0.1, -0.05) is 42.5 Å². The van der Waals surface area contributed by atoms with E-state index in [1.807, 2.05) is 6.07 Å². The molecule has 0 bridgehead atoms. The van der Waals surface area contributed by atoms with Crippen LogP contribution in [0.2, 0.25) is 0 Å². The number of sulfonamides is 1. The Morgan fingerprint density at radius 2 is 2.04 bits per heavy atom. The van der Waals surface area contributed by atoms with Crippen LogP contribution in [0.1, 0.15) is 21.7 Å². The molecule has 1 heterocycles. The average molecular weight is 394 g/mol. The molecule has 3 rings (SSSR count). The van der Waals surface area contributed by atoms with Gasteiger partial charge < -0.3 is 15.5 Å². The Bertz CT molecular complexity index is 970. The van der Waals surface area contributed by atoms with Crippen molar-refractivity contribution in [3.63, 3.8) is 0 Å². The van der Waals surface area contributed by atoms with Gasteiger partial charge in [0, 0.05) is 29.7 Å². The highest BCUT2D eigenvalue weighted by atomic mass is 32.2. The third-order valence-corrected chi connectivity index (χ3v) is 6.94. The fourth-order valence-corrected chi connectivity index (χ4v) is 5.20. The molecule has 7 heteroatoms. The molecule has 2 aromatic rings. The molecule has 0 amide bonds. The molecule has 1 aliphatic rings. The van der Waals surface area contributed by atoms with Gasteiger partial charge in [0.15, 0.2) is 0 Å². The molecule has 0 spiro atoms. The summed E-state index contributed by atoms with van der Waals surface area (Å²) in [6, 6.07) is 15.0. The van der Waals surface area contributed by atoms with Crippen LogP contribution in [0.15, 0.2) is 54.6 Å². The van der Waals surface area contributed by atoms with Gasteiger partial charge in [0.2, 0.25) is 10.0 Å². The minimum atomic E-state index is -3.66.